The van der Waals surface area contributed by atoms with Crippen molar-refractivity contribution >= 4 is 6.09 Å². The number of halogens is 1. The van der Waals surface area contributed by atoms with Gasteiger partial charge in [-0.15, -0.1) is 0 Å². The van der Waals surface area contributed by atoms with Crippen LogP contribution in [0.25, 0.3) is 0 Å². The molecular weight excluding hydrogens is 247 g/mol. The smallest absolute Gasteiger partial charge is 0.410 e. The lowest BCUT2D eigenvalue weighted by Crippen LogP contribution is -2.52. The molecule has 0 radical (unpaired) electrons. The quantitative estimate of drug-likeness (QED) is 0.736. The Hall–Kier alpha value is -0.840. The Morgan fingerprint density at radius 1 is 1.37 bits per heavy atom. The van der Waals surface area contributed by atoms with Gasteiger partial charge in [-0.2, -0.15) is 0 Å². The first kappa shape index (κ1) is 14.6. The lowest BCUT2D eigenvalue weighted by Gasteiger charge is -2.45. The zero-order valence-electron chi connectivity index (χ0n) is 12.2. The van der Waals surface area contributed by atoms with Gasteiger partial charge in [0.05, 0.1) is 0 Å². The van der Waals surface area contributed by atoms with Crippen LogP contribution < -0.4 is 5.32 Å². The molecule has 0 aromatic carbocycles. The minimum absolute atomic E-state index is 0.0379. The molecule has 0 aliphatic carbocycles. The van der Waals surface area contributed by atoms with E-state index in [-0.39, 0.29) is 11.5 Å². The fraction of sp³-hybridized carbons (Fsp3) is 0.929. The van der Waals surface area contributed by atoms with E-state index in [1.165, 1.54) is 0 Å². The second kappa shape index (κ2) is 5.27. The van der Waals surface area contributed by atoms with Gasteiger partial charge in [-0.1, -0.05) is 0 Å². The lowest BCUT2D eigenvalue weighted by molar-refractivity contribution is 0.00103. The highest BCUT2D eigenvalue weighted by Crippen LogP contribution is 2.38. The Morgan fingerprint density at radius 2 is 2.00 bits per heavy atom. The maximum atomic E-state index is 13.5. The van der Waals surface area contributed by atoms with Gasteiger partial charge in [-0.25, -0.2) is 9.18 Å². The molecule has 2 rings (SSSR count). The number of hydrogen-bond donors (Lipinski definition) is 1. The van der Waals surface area contributed by atoms with Crippen molar-refractivity contribution in [2.24, 2.45) is 5.41 Å². The number of carbonyl (C=O) groups is 1. The molecule has 2 fully saturated rings. The third kappa shape index (κ3) is 3.81. The first-order valence-electron chi connectivity index (χ1n) is 7.12. The second-order valence-corrected chi connectivity index (χ2v) is 6.90. The zero-order chi connectivity index (χ0) is 14.1. The molecule has 1 spiro atoms. The van der Waals surface area contributed by atoms with Crippen LogP contribution in [-0.4, -0.2) is 48.9 Å². The van der Waals surface area contributed by atoms with Gasteiger partial charge in [0.15, 0.2) is 0 Å². The SMILES string of the molecule is CC(C)(C)OC(=O)N1CCC2(CC1)CNCC(F)C2. The molecule has 4 nitrogen and oxygen atoms in total. The Balaban J connectivity index is 1.87. The summed E-state index contributed by atoms with van der Waals surface area (Å²) in [6, 6.07) is 0. The van der Waals surface area contributed by atoms with E-state index in [4.69, 9.17) is 4.74 Å². The third-order valence-corrected chi connectivity index (χ3v) is 4.00. The van der Waals surface area contributed by atoms with Crippen LogP contribution in [0.2, 0.25) is 0 Å². The van der Waals surface area contributed by atoms with E-state index >= 15 is 0 Å². The van der Waals surface area contributed by atoms with Gasteiger partial charge in [-0.05, 0) is 45.4 Å². The molecule has 0 aromatic rings. The summed E-state index contributed by atoms with van der Waals surface area (Å²) in [5.74, 6) is 0. The van der Waals surface area contributed by atoms with E-state index in [1.54, 1.807) is 4.90 Å². The Bertz CT molecular complexity index is 333. The number of ether oxygens (including phenoxy) is 1. The third-order valence-electron chi connectivity index (χ3n) is 4.00. The zero-order valence-corrected chi connectivity index (χ0v) is 12.2. The first-order valence-corrected chi connectivity index (χ1v) is 7.12. The largest absolute Gasteiger partial charge is 0.444 e. The van der Waals surface area contributed by atoms with E-state index in [0.29, 0.717) is 26.1 Å². The van der Waals surface area contributed by atoms with Crippen LogP contribution in [0, 0.1) is 5.41 Å². The van der Waals surface area contributed by atoms with E-state index in [0.717, 1.165) is 19.4 Å². The van der Waals surface area contributed by atoms with Crippen molar-refractivity contribution in [3.05, 3.63) is 0 Å². The first-order chi connectivity index (χ1) is 8.80. The minimum atomic E-state index is -0.748. The van der Waals surface area contributed by atoms with Crippen molar-refractivity contribution < 1.29 is 13.9 Å². The maximum Gasteiger partial charge on any atom is 0.410 e. The fourth-order valence-corrected chi connectivity index (χ4v) is 2.98. The molecule has 1 amide bonds. The van der Waals surface area contributed by atoms with Gasteiger partial charge in [0, 0.05) is 26.2 Å². The van der Waals surface area contributed by atoms with Crippen molar-refractivity contribution in [2.75, 3.05) is 26.2 Å². The number of nitrogens with zero attached hydrogens (tertiary/aromatic N) is 1. The standard InChI is InChI=1S/C14H25FN2O2/c1-13(2,3)19-12(18)17-6-4-14(5-7-17)8-11(15)9-16-10-14/h11,16H,4-10H2,1-3H3. The molecule has 0 aromatic heterocycles. The van der Waals surface area contributed by atoms with Crippen LogP contribution in [-0.2, 0) is 4.74 Å². The number of piperidine rings is 2. The summed E-state index contributed by atoms with van der Waals surface area (Å²) in [7, 11) is 0. The Labute approximate surface area is 114 Å². The van der Waals surface area contributed by atoms with Gasteiger partial charge < -0.3 is 15.0 Å². The Morgan fingerprint density at radius 3 is 2.53 bits per heavy atom. The highest BCUT2D eigenvalue weighted by molar-refractivity contribution is 5.68. The molecule has 110 valence electrons. The summed E-state index contributed by atoms with van der Waals surface area (Å²) >= 11 is 0. The monoisotopic (exact) mass is 272 g/mol. The summed E-state index contributed by atoms with van der Waals surface area (Å²) < 4.78 is 18.9. The summed E-state index contributed by atoms with van der Waals surface area (Å²) in [6.07, 6.45) is 1.35. The number of alkyl halides is 1. The van der Waals surface area contributed by atoms with Crippen LogP contribution in [0.1, 0.15) is 40.0 Å². The predicted molar refractivity (Wildman–Crippen MR) is 71.9 cm³/mol. The van der Waals surface area contributed by atoms with Crippen molar-refractivity contribution in [3.8, 4) is 0 Å². The molecule has 2 heterocycles. The molecular formula is C14H25FN2O2. The predicted octanol–water partition coefficient (Wildman–Crippen LogP) is 2.34. The second-order valence-electron chi connectivity index (χ2n) is 6.90. The van der Waals surface area contributed by atoms with Crippen LogP contribution in [0.3, 0.4) is 0 Å². The van der Waals surface area contributed by atoms with Gasteiger partial charge in [0.25, 0.3) is 0 Å². The highest BCUT2D eigenvalue weighted by atomic mass is 19.1. The normalized spacial score (nSPS) is 27.4. The molecule has 2 saturated heterocycles. The molecule has 1 unspecified atom stereocenters. The van der Waals surface area contributed by atoms with Crippen molar-refractivity contribution in [1.82, 2.24) is 10.2 Å². The van der Waals surface area contributed by atoms with Gasteiger partial charge in [-0.3, -0.25) is 0 Å². The number of hydrogen-bond acceptors (Lipinski definition) is 3. The van der Waals surface area contributed by atoms with E-state index < -0.39 is 11.8 Å². The van der Waals surface area contributed by atoms with E-state index in [1.807, 2.05) is 20.8 Å². The summed E-state index contributed by atoms with van der Waals surface area (Å²) in [6.45, 7) is 8.29. The molecule has 2 aliphatic rings. The summed E-state index contributed by atoms with van der Waals surface area (Å²) in [5, 5.41) is 3.17. The summed E-state index contributed by atoms with van der Waals surface area (Å²) in [4.78, 5) is 13.7. The van der Waals surface area contributed by atoms with Gasteiger partial charge >= 0.3 is 6.09 Å². The van der Waals surface area contributed by atoms with E-state index in [2.05, 4.69) is 5.32 Å². The van der Waals surface area contributed by atoms with Crippen LogP contribution in [0.4, 0.5) is 9.18 Å². The summed E-state index contributed by atoms with van der Waals surface area (Å²) in [5.41, 5.74) is -0.418. The minimum Gasteiger partial charge on any atom is -0.444 e. The van der Waals surface area contributed by atoms with Gasteiger partial charge in [0.2, 0.25) is 0 Å². The lowest BCUT2D eigenvalue weighted by atomic mass is 9.72. The molecule has 2 aliphatic heterocycles. The van der Waals surface area contributed by atoms with Gasteiger partial charge in [0.1, 0.15) is 11.8 Å². The number of likely N-dealkylation sites (tertiary alicyclic amines) is 1. The molecule has 1 N–H and O–H groups in total. The molecule has 5 heteroatoms. The number of amides is 1. The topological polar surface area (TPSA) is 41.6 Å². The molecule has 0 bridgehead atoms. The van der Waals surface area contributed by atoms with E-state index in [9.17, 15) is 9.18 Å². The Kier molecular flexibility index (Phi) is 4.04. The van der Waals surface area contributed by atoms with Crippen molar-refractivity contribution in [2.45, 2.75) is 51.8 Å². The number of nitrogens with one attached hydrogen (secondary N) is 1. The van der Waals surface area contributed by atoms with Crippen molar-refractivity contribution in [1.29, 1.82) is 0 Å². The average molecular weight is 272 g/mol. The highest BCUT2D eigenvalue weighted by Gasteiger charge is 2.40. The van der Waals surface area contributed by atoms with Crippen LogP contribution in [0.15, 0.2) is 0 Å². The fourth-order valence-electron chi connectivity index (χ4n) is 2.98. The van der Waals surface area contributed by atoms with Crippen LogP contribution in [0.5, 0.6) is 0 Å². The maximum absolute atomic E-state index is 13.5. The molecule has 0 saturated carbocycles. The number of carbonyl (C=O) groups excluding carboxylic acids is 1. The number of rotatable bonds is 0. The molecule has 1 atom stereocenters. The van der Waals surface area contributed by atoms with Crippen LogP contribution >= 0.6 is 0 Å². The average Bonchev–Trinajstić information content (AvgIpc) is 2.27. The van der Waals surface area contributed by atoms with Crippen molar-refractivity contribution in [3.63, 3.8) is 0 Å². The molecule has 19 heavy (non-hydrogen) atoms.